The molecule has 0 radical (unpaired) electrons. The van der Waals surface area contributed by atoms with Crippen molar-refractivity contribution in [3.63, 3.8) is 0 Å². The van der Waals surface area contributed by atoms with Crippen molar-refractivity contribution in [3.05, 3.63) is 36.3 Å². The van der Waals surface area contributed by atoms with Gasteiger partial charge in [0.15, 0.2) is 0 Å². The molecule has 0 atom stereocenters. The number of fused-ring (bicyclic) bond motifs is 1. The van der Waals surface area contributed by atoms with E-state index in [2.05, 4.69) is 35.3 Å². The highest BCUT2D eigenvalue weighted by atomic mass is 16.5. The van der Waals surface area contributed by atoms with Crippen molar-refractivity contribution in [1.29, 1.82) is 0 Å². The lowest BCUT2D eigenvalue weighted by molar-refractivity contribution is 0.246. The summed E-state index contributed by atoms with van der Waals surface area (Å²) >= 11 is 0. The number of anilines is 2. The van der Waals surface area contributed by atoms with Gasteiger partial charge in [-0.3, -0.25) is 4.90 Å². The molecule has 0 spiro atoms. The summed E-state index contributed by atoms with van der Waals surface area (Å²) in [6.07, 6.45) is 9.08. The average molecular weight is 423 g/mol. The number of methoxy groups -OCH3 is 1. The Balaban J connectivity index is 1.25. The van der Waals surface area contributed by atoms with E-state index in [1.165, 1.54) is 25.7 Å². The topological polar surface area (TPSA) is 74.9 Å². The molecule has 0 N–H and O–H groups in total. The maximum absolute atomic E-state index is 5.40. The van der Waals surface area contributed by atoms with Gasteiger partial charge in [0.05, 0.1) is 12.8 Å². The summed E-state index contributed by atoms with van der Waals surface area (Å²) in [5.41, 5.74) is 2.10. The van der Waals surface area contributed by atoms with Crippen LogP contribution in [0.15, 0.2) is 30.6 Å². The highest BCUT2D eigenvalue weighted by Crippen LogP contribution is 2.22. The summed E-state index contributed by atoms with van der Waals surface area (Å²) < 4.78 is 7.48. The second-order valence-electron chi connectivity index (χ2n) is 8.28. The Labute approximate surface area is 182 Å². The maximum atomic E-state index is 5.40. The molecule has 0 bridgehead atoms. The van der Waals surface area contributed by atoms with Crippen LogP contribution in [-0.2, 0) is 6.54 Å². The molecule has 9 heteroatoms. The first kappa shape index (κ1) is 20.0. The second-order valence-corrected chi connectivity index (χ2v) is 8.28. The summed E-state index contributed by atoms with van der Waals surface area (Å²) in [5.74, 6) is 1.47. The van der Waals surface area contributed by atoms with Gasteiger partial charge in [0.2, 0.25) is 11.9 Å². The van der Waals surface area contributed by atoms with Crippen molar-refractivity contribution in [2.24, 2.45) is 0 Å². The maximum Gasteiger partial charge on any atom is 0.322 e. The second kappa shape index (κ2) is 9.05. The molecule has 0 aromatic carbocycles. The molecule has 3 aromatic heterocycles. The Kier molecular flexibility index (Phi) is 5.84. The molecule has 0 amide bonds. The Hall–Kier alpha value is -2.94. The van der Waals surface area contributed by atoms with Crippen LogP contribution < -0.4 is 14.5 Å². The number of rotatable bonds is 5. The van der Waals surface area contributed by atoms with Crippen LogP contribution in [0.5, 0.6) is 6.01 Å². The Bertz CT molecular complexity index is 973. The third kappa shape index (κ3) is 4.56. The van der Waals surface area contributed by atoms with E-state index in [0.29, 0.717) is 6.01 Å². The summed E-state index contributed by atoms with van der Waals surface area (Å²) in [7, 11) is 1.62. The zero-order chi connectivity index (χ0) is 21.0. The van der Waals surface area contributed by atoms with Crippen LogP contribution in [0, 0.1) is 0 Å². The van der Waals surface area contributed by atoms with E-state index in [4.69, 9.17) is 14.7 Å². The standard InChI is InChI=1S/C22H30N8O/c1-31-22-25-20(28-9-5-2-3-6-10-28)24-21(26-22)29-14-12-27(13-15-29)16-18-17-30-11-7-4-8-19(30)23-18/h4,7-8,11,17H,2-3,5-6,9-10,12-16H2,1H3. The SMILES string of the molecule is COc1nc(N2CCCCCC2)nc(N2CCN(Cc3cn4ccccc4n3)CC2)n1. The van der Waals surface area contributed by atoms with E-state index >= 15 is 0 Å². The van der Waals surface area contributed by atoms with Gasteiger partial charge in [0.25, 0.3) is 0 Å². The van der Waals surface area contributed by atoms with Crippen molar-refractivity contribution in [2.45, 2.75) is 32.2 Å². The van der Waals surface area contributed by atoms with Gasteiger partial charge in [-0.25, -0.2) is 4.98 Å². The minimum absolute atomic E-state index is 0.399. The highest BCUT2D eigenvalue weighted by molar-refractivity contribution is 5.41. The molecule has 0 unspecified atom stereocenters. The molecule has 31 heavy (non-hydrogen) atoms. The zero-order valence-electron chi connectivity index (χ0n) is 18.2. The van der Waals surface area contributed by atoms with Crippen LogP contribution >= 0.6 is 0 Å². The monoisotopic (exact) mass is 422 g/mol. The fourth-order valence-corrected chi connectivity index (χ4v) is 4.38. The quantitative estimate of drug-likeness (QED) is 0.620. The van der Waals surface area contributed by atoms with Crippen LogP contribution in [0.3, 0.4) is 0 Å². The minimum Gasteiger partial charge on any atom is -0.467 e. The third-order valence-electron chi connectivity index (χ3n) is 6.12. The summed E-state index contributed by atoms with van der Waals surface area (Å²) in [5, 5.41) is 0. The number of imidazole rings is 1. The molecule has 164 valence electrons. The lowest BCUT2D eigenvalue weighted by Crippen LogP contribution is -2.46. The van der Waals surface area contributed by atoms with E-state index in [0.717, 1.165) is 69.1 Å². The minimum atomic E-state index is 0.399. The van der Waals surface area contributed by atoms with Crippen molar-refractivity contribution in [1.82, 2.24) is 29.2 Å². The first-order chi connectivity index (χ1) is 15.3. The van der Waals surface area contributed by atoms with Gasteiger partial charge >= 0.3 is 6.01 Å². The van der Waals surface area contributed by atoms with E-state index in [9.17, 15) is 0 Å². The first-order valence-corrected chi connectivity index (χ1v) is 11.2. The predicted molar refractivity (Wildman–Crippen MR) is 120 cm³/mol. The molecule has 2 aliphatic rings. The molecule has 5 heterocycles. The molecule has 0 aliphatic carbocycles. The van der Waals surface area contributed by atoms with Crippen LogP contribution in [-0.4, -0.2) is 75.6 Å². The number of ether oxygens (including phenoxy) is 1. The highest BCUT2D eigenvalue weighted by Gasteiger charge is 2.23. The van der Waals surface area contributed by atoms with Crippen molar-refractivity contribution >= 4 is 17.5 Å². The Morgan fingerprint density at radius 2 is 1.52 bits per heavy atom. The summed E-state index contributed by atoms with van der Waals surface area (Å²) in [4.78, 5) is 25.6. The Morgan fingerprint density at radius 3 is 2.19 bits per heavy atom. The fraction of sp³-hybridized carbons (Fsp3) is 0.545. The number of pyridine rings is 1. The molecule has 2 saturated heterocycles. The fourth-order valence-electron chi connectivity index (χ4n) is 4.38. The molecule has 0 saturated carbocycles. The number of aromatic nitrogens is 5. The first-order valence-electron chi connectivity index (χ1n) is 11.2. The van der Waals surface area contributed by atoms with Crippen LogP contribution in [0.25, 0.3) is 5.65 Å². The lowest BCUT2D eigenvalue weighted by atomic mass is 10.2. The van der Waals surface area contributed by atoms with Crippen LogP contribution in [0.4, 0.5) is 11.9 Å². The van der Waals surface area contributed by atoms with Gasteiger partial charge in [0.1, 0.15) is 5.65 Å². The molecular formula is C22H30N8O. The number of hydrogen-bond acceptors (Lipinski definition) is 8. The number of hydrogen-bond donors (Lipinski definition) is 0. The van der Waals surface area contributed by atoms with Gasteiger partial charge in [-0.1, -0.05) is 18.9 Å². The van der Waals surface area contributed by atoms with Gasteiger partial charge in [-0.05, 0) is 25.0 Å². The van der Waals surface area contributed by atoms with E-state index in [1.807, 2.05) is 24.4 Å². The molecule has 9 nitrogen and oxygen atoms in total. The van der Waals surface area contributed by atoms with Crippen LogP contribution in [0.1, 0.15) is 31.4 Å². The molecule has 5 rings (SSSR count). The van der Waals surface area contributed by atoms with Crippen molar-refractivity contribution in [2.75, 3.05) is 56.2 Å². The van der Waals surface area contributed by atoms with Crippen molar-refractivity contribution < 1.29 is 4.74 Å². The zero-order valence-corrected chi connectivity index (χ0v) is 18.2. The summed E-state index contributed by atoms with van der Waals surface area (Å²) in [6.45, 7) is 6.50. The van der Waals surface area contributed by atoms with E-state index in [-0.39, 0.29) is 0 Å². The Morgan fingerprint density at radius 1 is 0.806 bits per heavy atom. The molecule has 2 aliphatic heterocycles. The molecular weight excluding hydrogens is 392 g/mol. The normalized spacial score (nSPS) is 18.4. The summed E-state index contributed by atoms with van der Waals surface area (Å²) in [6, 6.07) is 6.49. The number of nitrogens with zero attached hydrogens (tertiary/aromatic N) is 8. The van der Waals surface area contributed by atoms with Gasteiger partial charge in [0, 0.05) is 58.2 Å². The van der Waals surface area contributed by atoms with E-state index < -0.39 is 0 Å². The van der Waals surface area contributed by atoms with E-state index in [1.54, 1.807) is 7.11 Å². The van der Waals surface area contributed by atoms with Crippen LogP contribution in [0.2, 0.25) is 0 Å². The number of piperazine rings is 1. The third-order valence-corrected chi connectivity index (χ3v) is 6.12. The average Bonchev–Trinajstić information content (AvgIpc) is 3.02. The molecule has 2 fully saturated rings. The predicted octanol–water partition coefficient (Wildman–Crippen LogP) is 2.23. The largest absolute Gasteiger partial charge is 0.467 e. The van der Waals surface area contributed by atoms with Gasteiger partial charge < -0.3 is 18.9 Å². The molecule has 3 aromatic rings. The van der Waals surface area contributed by atoms with Crippen molar-refractivity contribution in [3.8, 4) is 6.01 Å². The smallest absolute Gasteiger partial charge is 0.322 e. The van der Waals surface area contributed by atoms with Gasteiger partial charge in [-0.2, -0.15) is 15.0 Å². The van der Waals surface area contributed by atoms with Gasteiger partial charge in [-0.15, -0.1) is 0 Å². The lowest BCUT2D eigenvalue weighted by Gasteiger charge is -2.34.